The molecule has 1 aromatic carbocycles. The Balaban J connectivity index is 2.06. The molecule has 1 aromatic rings. The third kappa shape index (κ3) is 3.48. The zero-order chi connectivity index (χ0) is 14.0. The summed E-state index contributed by atoms with van der Waals surface area (Å²) >= 11 is 5.58. The molecule has 3 unspecified atom stereocenters. The summed E-state index contributed by atoms with van der Waals surface area (Å²) < 4.78 is 7.35. The molecule has 104 valence electrons. The predicted octanol–water partition coefficient (Wildman–Crippen LogP) is 2.29. The van der Waals surface area contributed by atoms with Gasteiger partial charge in [0.1, 0.15) is 0 Å². The lowest BCUT2D eigenvalue weighted by atomic mass is 9.83. The molecule has 0 saturated heterocycles. The number of carbonyl (C=O) groups excluding carboxylic acids is 1. The molecule has 19 heavy (non-hydrogen) atoms. The topological polar surface area (TPSA) is 64.3 Å². The molecule has 0 aliphatic heterocycles. The number of ether oxygens (including phenoxy) is 1. The molecule has 0 heterocycles. The van der Waals surface area contributed by atoms with E-state index in [1.165, 1.54) is 0 Å². The summed E-state index contributed by atoms with van der Waals surface area (Å²) in [5.41, 5.74) is 6.56. The van der Waals surface area contributed by atoms with Gasteiger partial charge in [0, 0.05) is 20.7 Å². The first-order chi connectivity index (χ1) is 9.02. The van der Waals surface area contributed by atoms with Crippen LogP contribution < -0.4 is 11.1 Å². The molecule has 0 bridgehead atoms. The minimum atomic E-state index is -0.116. The molecule has 1 aliphatic carbocycles. The summed E-state index contributed by atoms with van der Waals surface area (Å²) in [6.07, 6.45) is 0.831. The van der Waals surface area contributed by atoms with Crippen molar-refractivity contribution in [2.45, 2.75) is 31.5 Å². The Bertz CT molecular complexity index is 482. The number of nitrogens with two attached hydrogens (primary N) is 1. The fourth-order valence-electron chi connectivity index (χ4n) is 2.13. The fourth-order valence-corrected chi connectivity index (χ4v) is 3.05. The second-order valence-corrected chi connectivity index (χ2v) is 6.62. The number of hydrogen-bond acceptors (Lipinski definition) is 3. The summed E-state index contributed by atoms with van der Waals surface area (Å²) in [7, 11) is 0. The largest absolute Gasteiger partial charge is 0.376 e. The highest BCUT2D eigenvalue weighted by molar-refractivity contribution is 14.1. The van der Waals surface area contributed by atoms with Gasteiger partial charge in [0.2, 0.25) is 0 Å². The maximum absolute atomic E-state index is 12.3. The van der Waals surface area contributed by atoms with Crippen LogP contribution in [0.1, 0.15) is 23.7 Å². The van der Waals surface area contributed by atoms with Gasteiger partial charge in [-0.15, -0.1) is 0 Å². The van der Waals surface area contributed by atoms with E-state index in [9.17, 15) is 4.79 Å². The van der Waals surface area contributed by atoms with Crippen LogP contribution in [0, 0.1) is 3.57 Å². The number of rotatable bonds is 4. The zero-order valence-corrected chi connectivity index (χ0v) is 14.3. The van der Waals surface area contributed by atoms with Crippen LogP contribution in [0.25, 0.3) is 0 Å². The van der Waals surface area contributed by atoms with Crippen molar-refractivity contribution in [3.63, 3.8) is 0 Å². The number of carbonyl (C=O) groups is 1. The van der Waals surface area contributed by atoms with Crippen molar-refractivity contribution >= 4 is 44.4 Å². The molecule has 0 spiro atoms. The SMILES string of the molecule is CCOC1CC(N)C1NC(=O)c1cc(I)ccc1Br. The van der Waals surface area contributed by atoms with Crippen LogP contribution in [0.4, 0.5) is 0 Å². The molecule has 1 fully saturated rings. The molecular formula is C13H16BrIN2O2. The van der Waals surface area contributed by atoms with Gasteiger partial charge in [-0.1, -0.05) is 0 Å². The number of benzene rings is 1. The Morgan fingerprint density at radius 3 is 3.00 bits per heavy atom. The number of hydrogen-bond donors (Lipinski definition) is 2. The van der Waals surface area contributed by atoms with Crippen molar-refractivity contribution in [2.75, 3.05) is 6.61 Å². The van der Waals surface area contributed by atoms with Crippen molar-refractivity contribution in [3.8, 4) is 0 Å². The molecule has 1 amide bonds. The lowest BCUT2D eigenvalue weighted by Gasteiger charge is -2.42. The quantitative estimate of drug-likeness (QED) is 0.709. The van der Waals surface area contributed by atoms with E-state index in [1.54, 1.807) is 0 Å². The normalized spacial score (nSPS) is 25.8. The van der Waals surface area contributed by atoms with Gasteiger partial charge in [-0.2, -0.15) is 0 Å². The molecule has 3 atom stereocenters. The Morgan fingerprint density at radius 1 is 1.63 bits per heavy atom. The first-order valence-corrected chi connectivity index (χ1v) is 8.03. The van der Waals surface area contributed by atoms with E-state index in [4.69, 9.17) is 10.5 Å². The summed E-state index contributed by atoms with van der Waals surface area (Å²) in [5, 5.41) is 2.96. The van der Waals surface area contributed by atoms with Crippen LogP contribution in [0.5, 0.6) is 0 Å². The van der Waals surface area contributed by atoms with E-state index in [-0.39, 0.29) is 24.1 Å². The highest BCUT2D eigenvalue weighted by Gasteiger charge is 2.40. The average molecular weight is 439 g/mol. The monoisotopic (exact) mass is 438 g/mol. The van der Waals surface area contributed by atoms with Crippen LogP contribution >= 0.6 is 38.5 Å². The third-order valence-electron chi connectivity index (χ3n) is 3.22. The zero-order valence-electron chi connectivity index (χ0n) is 10.5. The van der Waals surface area contributed by atoms with Crippen LogP contribution in [0.3, 0.4) is 0 Å². The lowest BCUT2D eigenvalue weighted by molar-refractivity contribution is -0.0300. The molecular weight excluding hydrogens is 423 g/mol. The Morgan fingerprint density at radius 2 is 2.37 bits per heavy atom. The molecule has 2 rings (SSSR count). The molecule has 0 aromatic heterocycles. The van der Waals surface area contributed by atoms with Crippen LogP contribution in [-0.4, -0.2) is 30.7 Å². The second kappa shape index (κ2) is 6.51. The van der Waals surface area contributed by atoms with Crippen molar-refractivity contribution in [3.05, 3.63) is 31.8 Å². The van der Waals surface area contributed by atoms with Gasteiger partial charge in [-0.3, -0.25) is 4.79 Å². The Kier molecular flexibility index (Phi) is 5.22. The van der Waals surface area contributed by atoms with Crippen molar-refractivity contribution < 1.29 is 9.53 Å². The minimum absolute atomic E-state index is 0.0259. The third-order valence-corrected chi connectivity index (χ3v) is 4.58. The van der Waals surface area contributed by atoms with Gasteiger partial charge < -0.3 is 15.8 Å². The smallest absolute Gasteiger partial charge is 0.252 e. The van der Waals surface area contributed by atoms with E-state index in [0.29, 0.717) is 12.2 Å². The Hall–Kier alpha value is -0.180. The van der Waals surface area contributed by atoms with Gasteiger partial charge in [0.15, 0.2) is 0 Å². The van der Waals surface area contributed by atoms with Gasteiger partial charge in [-0.25, -0.2) is 0 Å². The molecule has 0 radical (unpaired) electrons. The van der Waals surface area contributed by atoms with Gasteiger partial charge in [0.25, 0.3) is 5.91 Å². The number of nitrogens with one attached hydrogen (secondary N) is 1. The fraction of sp³-hybridized carbons (Fsp3) is 0.462. The lowest BCUT2D eigenvalue weighted by Crippen LogP contribution is -2.64. The highest BCUT2D eigenvalue weighted by atomic mass is 127. The van der Waals surface area contributed by atoms with E-state index in [2.05, 4.69) is 43.8 Å². The average Bonchev–Trinajstić information content (AvgIpc) is 2.38. The number of amides is 1. The minimum Gasteiger partial charge on any atom is -0.376 e. The van der Waals surface area contributed by atoms with Gasteiger partial charge in [0.05, 0.1) is 17.7 Å². The van der Waals surface area contributed by atoms with Crippen LogP contribution in [0.2, 0.25) is 0 Å². The molecule has 1 aliphatic rings. The molecule has 1 saturated carbocycles. The number of halogens is 2. The van der Waals surface area contributed by atoms with Crippen molar-refractivity contribution in [1.82, 2.24) is 5.32 Å². The van der Waals surface area contributed by atoms with E-state index in [1.807, 2.05) is 25.1 Å². The van der Waals surface area contributed by atoms with E-state index < -0.39 is 0 Å². The van der Waals surface area contributed by atoms with Crippen LogP contribution in [0.15, 0.2) is 22.7 Å². The first-order valence-electron chi connectivity index (χ1n) is 6.16. The summed E-state index contributed by atoms with van der Waals surface area (Å²) in [6.45, 7) is 2.58. The summed E-state index contributed by atoms with van der Waals surface area (Å²) in [6, 6.07) is 5.54. The van der Waals surface area contributed by atoms with E-state index >= 15 is 0 Å². The highest BCUT2D eigenvalue weighted by Crippen LogP contribution is 2.24. The van der Waals surface area contributed by atoms with Crippen molar-refractivity contribution in [1.29, 1.82) is 0 Å². The molecule has 3 N–H and O–H groups in total. The maximum Gasteiger partial charge on any atom is 0.252 e. The summed E-state index contributed by atoms with van der Waals surface area (Å²) in [5.74, 6) is -0.116. The van der Waals surface area contributed by atoms with Crippen LogP contribution in [-0.2, 0) is 4.74 Å². The Labute approximate surface area is 134 Å². The van der Waals surface area contributed by atoms with Crippen molar-refractivity contribution in [2.24, 2.45) is 5.73 Å². The second-order valence-electron chi connectivity index (χ2n) is 4.52. The molecule has 4 nitrogen and oxygen atoms in total. The van der Waals surface area contributed by atoms with E-state index in [0.717, 1.165) is 14.5 Å². The van der Waals surface area contributed by atoms with Gasteiger partial charge in [-0.05, 0) is 70.1 Å². The first kappa shape index (κ1) is 15.2. The standard InChI is InChI=1S/C13H16BrIN2O2/c1-2-19-11-6-10(16)12(11)17-13(18)8-5-7(15)3-4-9(8)14/h3-5,10-12H,2,6,16H2,1H3,(H,17,18). The summed E-state index contributed by atoms with van der Waals surface area (Å²) in [4.78, 5) is 12.3. The maximum atomic E-state index is 12.3. The predicted molar refractivity (Wildman–Crippen MR) is 86.1 cm³/mol. The molecule has 6 heteroatoms. The van der Waals surface area contributed by atoms with Gasteiger partial charge >= 0.3 is 0 Å².